The zero-order valence-corrected chi connectivity index (χ0v) is 14.2. The van der Waals surface area contributed by atoms with Gasteiger partial charge in [0, 0.05) is 6.54 Å². The minimum Gasteiger partial charge on any atom is -0.351 e. The molecule has 1 aliphatic carbocycles. The molecular weight excluding hydrogens is 310 g/mol. The highest BCUT2D eigenvalue weighted by molar-refractivity contribution is 7.96. The predicted octanol–water partition coefficient (Wildman–Crippen LogP) is 3.15. The smallest absolute Gasteiger partial charge is 0.263 e. The third kappa shape index (κ3) is 3.07. The second-order valence-electron chi connectivity index (χ2n) is 6.47. The summed E-state index contributed by atoms with van der Waals surface area (Å²) in [5.41, 5.74) is 0.599. The SMILES string of the molecule is CCC1CCCCC1CNC(=O)C1=Cc2ccccc2S1(=O)=O. The van der Waals surface area contributed by atoms with Crippen LogP contribution in [0.3, 0.4) is 0 Å². The summed E-state index contributed by atoms with van der Waals surface area (Å²) in [5.74, 6) is 0.627. The Bertz CT molecular complexity index is 736. The molecule has 1 heterocycles. The number of hydrogen-bond donors (Lipinski definition) is 1. The second-order valence-corrected chi connectivity index (χ2v) is 8.36. The normalized spacial score (nSPS) is 25.5. The first-order valence-electron chi connectivity index (χ1n) is 8.38. The Kier molecular flexibility index (Phi) is 4.57. The van der Waals surface area contributed by atoms with Crippen LogP contribution in [0.5, 0.6) is 0 Å². The molecule has 1 saturated carbocycles. The molecular formula is C18H23NO3S. The minimum absolute atomic E-state index is 0.123. The summed E-state index contributed by atoms with van der Waals surface area (Å²) >= 11 is 0. The van der Waals surface area contributed by atoms with E-state index in [2.05, 4.69) is 12.2 Å². The fraction of sp³-hybridized carbons (Fsp3) is 0.500. The Labute approximate surface area is 137 Å². The summed E-state index contributed by atoms with van der Waals surface area (Å²) in [7, 11) is -3.67. The molecule has 0 spiro atoms. The van der Waals surface area contributed by atoms with Crippen LogP contribution in [0.4, 0.5) is 0 Å². The van der Waals surface area contributed by atoms with Gasteiger partial charge in [0.25, 0.3) is 5.91 Å². The van der Waals surface area contributed by atoms with Gasteiger partial charge in [0.15, 0.2) is 0 Å². The van der Waals surface area contributed by atoms with Crippen molar-refractivity contribution in [2.75, 3.05) is 6.54 Å². The summed E-state index contributed by atoms with van der Waals surface area (Å²) in [5, 5.41) is 2.86. The molecule has 0 saturated heterocycles. The lowest BCUT2D eigenvalue weighted by atomic mass is 9.78. The molecule has 2 aliphatic rings. The molecule has 1 aliphatic heterocycles. The third-order valence-electron chi connectivity index (χ3n) is 5.12. The third-order valence-corrected chi connectivity index (χ3v) is 6.96. The minimum atomic E-state index is -3.67. The summed E-state index contributed by atoms with van der Waals surface area (Å²) in [6.45, 7) is 2.76. The maximum absolute atomic E-state index is 12.5. The first kappa shape index (κ1) is 16.2. The molecule has 1 N–H and O–H groups in total. The van der Waals surface area contributed by atoms with Crippen LogP contribution in [0.2, 0.25) is 0 Å². The molecule has 5 heteroatoms. The molecule has 3 rings (SSSR count). The molecule has 0 bridgehead atoms. The van der Waals surface area contributed by atoms with E-state index in [1.165, 1.54) is 25.3 Å². The Balaban J connectivity index is 1.70. The highest BCUT2D eigenvalue weighted by Crippen LogP contribution is 2.34. The molecule has 1 fully saturated rings. The summed E-state index contributed by atoms with van der Waals surface area (Å²) in [6, 6.07) is 6.73. The van der Waals surface area contributed by atoms with Gasteiger partial charge < -0.3 is 5.32 Å². The standard InChI is InChI=1S/C18H23NO3S/c1-2-13-7-3-4-9-15(13)12-19-18(20)17-11-14-8-5-6-10-16(14)23(17,21)22/h5-6,8,10-11,13,15H,2-4,7,9,12H2,1H3,(H,19,20). The first-order chi connectivity index (χ1) is 11.0. The second kappa shape index (κ2) is 6.48. The largest absolute Gasteiger partial charge is 0.351 e. The van der Waals surface area contributed by atoms with Crippen molar-refractivity contribution in [3.63, 3.8) is 0 Å². The van der Waals surface area contributed by atoms with E-state index in [0.29, 0.717) is 23.9 Å². The number of amides is 1. The van der Waals surface area contributed by atoms with Crippen molar-refractivity contribution in [3.8, 4) is 0 Å². The number of carbonyl (C=O) groups is 1. The van der Waals surface area contributed by atoms with Gasteiger partial charge in [-0.3, -0.25) is 4.79 Å². The monoisotopic (exact) mass is 333 g/mol. The first-order valence-corrected chi connectivity index (χ1v) is 9.86. The zero-order chi connectivity index (χ0) is 16.4. The van der Waals surface area contributed by atoms with E-state index in [1.807, 2.05) is 0 Å². The molecule has 124 valence electrons. The molecule has 1 aromatic rings. The van der Waals surface area contributed by atoms with Gasteiger partial charge >= 0.3 is 0 Å². The maximum Gasteiger partial charge on any atom is 0.263 e. The Morgan fingerprint density at radius 3 is 2.57 bits per heavy atom. The predicted molar refractivity (Wildman–Crippen MR) is 90.4 cm³/mol. The number of fused-ring (bicyclic) bond motifs is 1. The summed E-state index contributed by atoms with van der Waals surface area (Å²) < 4.78 is 24.9. The molecule has 0 radical (unpaired) electrons. The molecule has 23 heavy (non-hydrogen) atoms. The van der Waals surface area contributed by atoms with E-state index in [-0.39, 0.29) is 9.80 Å². The molecule has 4 nitrogen and oxygen atoms in total. The molecule has 0 aromatic heterocycles. The van der Waals surface area contributed by atoms with Crippen LogP contribution in [0.25, 0.3) is 6.08 Å². The fourth-order valence-electron chi connectivity index (χ4n) is 3.77. The van der Waals surface area contributed by atoms with Crippen molar-refractivity contribution in [2.24, 2.45) is 11.8 Å². The van der Waals surface area contributed by atoms with E-state index >= 15 is 0 Å². The van der Waals surface area contributed by atoms with E-state index in [4.69, 9.17) is 0 Å². The van der Waals surface area contributed by atoms with Crippen molar-refractivity contribution in [1.29, 1.82) is 0 Å². The maximum atomic E-state index is 12.5. The van der Waals surface area contributed by atoms with Crippen LogP contribution in [0, 0.1) is 11.8 Å². The zero-order valence-electron chi connectivity index (χ0n) is 13.4. The quantitative estimate of drug-likeness (QED) is 0.920. The molecule has 2 atom stereocenters. The van der Waals surface area contributed by atoms with Gasteiger partial charge in [-0.05, 0) is 36.0 Å². The van der Waals surface area contributed by atoms with Crippen molar-refractivity contribution in [1.82, 2.24) is 5.32 Å². The molecule has 1 aromatic carbocycles. The summed E-state index contributed by atoms with van der Waals surface area (Å²) in [4.78, 5) is 12.5. The lowest BCUT2D eigenvalue weighted by molar-refractivity contribution is -0.117. The van der Waals surface area contributed by atoms with Crippen molar-refractivity contribution < 1.29 is 13.2 Å². The van der Waals surface area contributed by atoms with Crippen LogP contribution in [-0.2, 0) is 14.6 Å². The number of carbonyl (C=O) groups excluding carboxylic acids is 1. The van der Waals surface area contributed by atoms with Gasteiger partial charge in [-0.25, -0.2) is 8.42 Å². The fourth-order valence-corrected chi connectivity index (χ4v) is 5.30. The average Bonchev–Trinajstić information content (AvgIpc) is 2.84. The average molecular weight is 333 g/mol. The van der Waals surface area contributed by atoms with Gasteiger partial charge in [-0.15, -0.1) is 0 Å². The molecule has 2 unspecified atom stereocenters. The van der Waals surface area contributed by atoms with Crippen LogP contribution in [0.1, 0.15) is 44.6 Å². The van der Waals surface area contributed by atoms with Crippen molar-refractivity contribution in [2.45, 2.75) is 43.9 Å². The number of nitrogens with one attached hydrogen (secondary N) is 1. The highest BCUT2D eigenvalue weighted by Gasteiger charge is 2.34. The lowest BCUT2D eigenvalue weighted by Gasteiger charge is -2.30. The van der Waals surface area contributed by atoms with Crippen LogP contribution < -0.4 is 5.32 Å². The molecule has 1 amide bonds. The van der Waals surface area contributed by atoms with Gasteiger partial charge in [0.2, 0.25) is 9.84 Å². The highest BCUT2D eigenvalue weighted by atomic mass is 32.2. The van der Waals surface area contributed by atoms with E-state index in [1.54, 1.807) is 24.3 Å². The van der Waals surface area contributed by atoms with Gasteiger partial charge in [0.05, 0.1) is 4.90 Å². The van der Waals surface area contributed by atoms with Crippen LogP contribution >= 0.6 is 0 Å². The van der Waals surface area contributed by atoms with Crippen molar-refractivity contribution in [3.05, 3.63) is 34.7 Å². The van der Waals surface area contributed by atoms with E-state index < -0.39 is 15.7 Å². The van der Waals surface area contributed by atoms with Gasteiger partial charge in [-0.2, -0.15) is 0 Å². The van der Waals surface area contributed by atoms with E-state index in [9.17, 15) is 13.2 Å². The number of rotatable bonds is 4. The van der Waals surface area contributed by atoms with E-state index in [0.717, 1.165) is 12.8 Å². The number of sulfone groups is 1. The Morgan fingerprint density at radius 2 is 1.87 bits per heavy atom. The van der Waals surface area contributed by atoms with Crippen LogP contribution in [-0.4, -0.2) is 20.9 Å². The summed E-state index contributed by atoms with van der Waals surface area (Å²) in [6.07, 6.45) is 7.39. The van der Waals surface area contributed by atoms with Gasteiger partial charge in [0.1, 0.15) is 4.91 Å². The number of hydrogen-bond acceptors (Lipinski definition) is 3. The van der Waals surface area contributed by atoms with Crippen molar-refractivity contribution >= 4 is 21.8 Å². The Morgan fingerprint density at radius 1 is 1.17 bits per heavy atom. The van der Waals surface area contributed by atoms with Gasteiger partial charge in [-0.1, -0.05) is 50.8 Å². The lowest BCUT2D eigenvalue weighted by Crippen LogP contribution is -2.35. The topological polar surface area (TPSA) is 63.2 Å². The number of benzene rings is 1. The van der Waals surface area contributed by atoms with Crippen LogP contribution in [0.15, 0.2) is 34.1 Å². The Hall–Kier alpha value is -1.62.